The third-order valence-electron chi connectivity index (χ3n) is 3.13. The predicted octanol–water partition coefficient (Wildman–Crippen LogP) is 2.21. The van der Waals surface area contributed by atoms with Crippen LogP contribution in [0.3, 0.4) is 0 Å². The van der Waals surface area contributed by atoms with E-state index in [-0.39, 0.29) is 40.9 Å². The second-order valence-electron chi connectivity index (χ2n) is 5.16. The smallest absolute Gasteiger partial charge is 0.304 e. The lowest BCUT2D eigenvalue weighted by Crippen LogP contribution is -2.39. The molecule has 0 saturated carbocycles. The summed E-state index contributed by atoms with van der Waals surface area (Å²) in [5, 5.41) is 21.1. The molecule has 3 N–H and O–H groups in total. The minimum Gasteiger partial charge on any atom is -0.494 e. The molecule has 0 saturated heterocycles. The number of ether oxygens (including phenoxy) is 1. The van der Waals surface area contributed by atoms with Crippen LogP contribution in [0, 0.1) is 5.41 Å². The van der Waals surface area contributed by atoms with E-state index < -0.39 is 17.3 Å². The van der Waals surface area contributed by atoms with Gasteiger partial charge in [-0.15, -0.1) is 0 Å². The first kappa shape index (κ1) is 18.5. The number of hydrogen-bond acceptors (Lipinski definition) is 4. The summed E-state index contributed by atoms with van der Waals surface area (Å²) in [6.07, 6.45) is -0.288. The molecule has 0 aromatic heterocycles. The quantitative estimate of drug-likeness (QED) is 0.701. The second-order valence-corrected chi connectivity index (χ2v) is 5.97. The van der Waals surface area contributed by atoms with E-state index in [4.69, 9.17) is 33.0 Å². The fraction of sp³-hybridized carbons (Fsp3) is 0.429. The van der Waals surface area contributed by atoms with Crippen molar-refractivity contribution in [3.63, 3.8) is 0 Å². The Kier molecular flexibility index (Phi) is 6.47. The maximum Gasteiger partial charge on any atom is 0.304 e. The molecule has 0 aliphatic heterocycles. The molecule has 122 valence electrons. The summed E-state index contributed by atoms with van der Waals surface area (Å²) in [7, 11) is 1.36. The van der Waals surface area contributed by atoms with Gasteiger partial charge in [0.05, 0.1) is 30.2 Å². The van der Waals surface area contributed by atoms with E-state index in [2.05, 4.69) is 5.32 Å². The molecule has 0 radical (unpaired) electrons. The summed E-state index contributed by atoms with van der Waals surface area (Å²) in [5.41, 5.74) is -0.924. The number of rotatable bonds is 7. The molecule has 0 aliphatic carbocycles. The third-order valence-corrected chi connectivity index (χ3v) is 3.74. The largest absolute Gasteiger partial charge is 0.494 e. The number of aliphatic carboxylic acids is 1. The van der Waals surface area contributed by atoms with Crippen LogP contribution in [0.5, 0.6) is 5.75 Å². The van der Waals surface area contributed by atoms with Crippen molar-refractivity contribution in [2.24, 2.45) is 5.41 Å². The maximum atomic E-state index is 12.3. The van der Waals surface area contributed by atoms with Crippen LogP contribution in [0.4, 0.5) is 0 Å². The van der Waals surface area contributed by atoms with Gasteiger partial charge in [-0.2, -0.15) is 0 Å². The Labute approximate surface area is 138 Å². The molecule has 22 heavy (non-hydrogen) atoms. The van der Waals surface area contributed by atoms with Crippen LogP contribution in [0.2, 0.25) is 10.0 Å². The Morgan fingerprint density at radius 3 is 2.41 bits per heavy atom. The number of nitrogens with one attached hydrogen (secondary N) is 1. The molecule has 6 nitrogen and oxygen atoms in total. The first-order valence-corrected chi connectivity index (χ1v) is 7.12. The van der Waals surface area contributed by atoms with Crippen molar-refractivity contribution in [2.75, 3.05) is 20.3 Å². The third kappa shape index (κ3) is 4.50. The van der Waals surface area contributed by atoms with Gasteiger partial charge in [-0.3, -0.25) is 9.59 Å². The number of aliphatic hydroxyl groups excluding tert-OH is 1. The van der Waals surface area contributed by atoms with Crippen LogP contribution in [-0.4, -0.2) is 42.4 Å². The second kappa shape index (κ2) is 7.67. The van der Waals surface area contributed by atoms with Crippen molar-refractivity contribution in [3.8, 4) is 5.75 Å². The first-order valence-electron chi connectivity index (χ1n) is 6.37. The molecule has 0 bridgehead atoms. The van der Waals surface area contributed by atoms with Crippen molar-refractivity contribution in [3.05, 3.63) is 27.7 Å². The van der Waals surface area contributed by atoms with E-state index in [9.17, 15) is 14.7 Å². The maximum absolute atomic E-state index is 12.3. The van der Waals surface area contributed by atoms with Crippen LogP contribution in [-0.2, 0) is 4.79 Å². The molecule has 1 unspecified atom stereocenters. The molecular weight excluding hydrogens is 333 g/mol. The summed E-state index contributed by atoms with van der Waals surface area (Å²) in [5.74, 6) is -1.49. The first-order chi connectivity index (χ1) is 10.2. The van der Waals surface area contributed by atoms with Gasteiger partial charge in [0.2, 0.25) is 0 Å². The Hall–Kier alpha value is -1.50. The highest BCUT2D eigenvalue weighted by atomic mass is 35.5. The highest BCUT2D eigenvalue weighted by Crippen LogP contribution is 2.33. The van der Waals surface area contributed by atoms with E-state index in [1.54, 1.807) is 6.92 Å². The molecular formula is C14H17Cl2NO5. The van der Waals surface area contributed by atoms with Gasteiger partial charge < -0.3 is 20.3 Å². The van der Waals surface area contributed by atoms with Crippen molar-refractivity contribution >= 4 is 35.1 Å². The summed E-state index contributed by atoms with van der Waals surface area (Å²) in [4.78, 5) is 23.1. The van der Waals surface area contributed by atoms with Crippen LogP contribution in [0.1, 0.15) is 23.7 Å². The van der Waals surface area contributed by atoms with Crippen LogP contribution in [0.15, 0.2) is 12.1 Å². The van der Waals surface area contributed by atoms with E-state index in [0.29, 0.717) is 0 Å². The minimum atomic E-state index is -1.07. The number of methoxy groups -OCH3 is 1. The zero-order chi connectivity index (χ0) is 16.9. The minimum absolute atomic E-state index is 0.0410. The summed E-state index contributed by atoms with van der Waals surface area (Å²) >= 11 is 12.0. The van der Waals surface area contributed by atoms with E-state index in [1.807, 2.05) is 0 Å². The lowest BCUT2D eigenvalue weighted by atomic mass is 9.87. The molecule has 1 amide bonds. The number of halogens is 2. The molecule has 1 aromatic rings. The van der Waals surface area contributed by atoms with Gasteiger partial charge in [0, 0.05) is 12.0 Å². The van der Waals surface area contributed by atoms with Crippen molar-refractivity contribution < 1.29 is 24.5 Å². The van der Waals surface area contributed by atoms with E-state index in [1.165, 1.54) is 19.2 Å². The standard InChI is InChI=1S/C14H17Cl2NO5/c1-14(7-18,5-10(19)20)6-17-13(21)11-8(15)3-4-9(16)12(11)22-2/h3-4,18H,5-7H2,1-2H3,(H,17,21)(H,19,20). The highest BCUT2D eigenvalue weighted by Gasteiger charge is 2.29. The highest BCUT2D eigenvalue weighted by molar-refractivity contribution is 6.37. The molecule has 1 atom stereocenters. The molecule has 0 spiro atoms. The normalized spacial score (nSPS) is 13.3. The fourth-order valence-electron chi connectivity index (χ4n) is 1.87. The Bertz CT molecular complexity index is 579. The number of hydrogen-bond donors (Lipinski definition) is 3. The van der Waals surface area contributed by atoms with Crippen LogP contribution in [0.25, 0.3) is 0 Å². The van der Waals surface area contributed by atoms with E-state index in [0.717, 1.165) is 0 Å². The fourth-order valence-corrected chi connectivity index (χ4v) is 2.34. The number of carboxylic acids is 1. The van der Waals surface area contributed by atoms with Gasteiger partial charge in [-0.25, -0.2) is 0 Å². The van der Waals surface area contributed by atoms with Crippen LogP contribution < -0.4 is 10.1 Å². The van der Waals surface area contributed by atoms with E-state index >= 15 is 0 Å². The summed E-state index contributed by atoms with van der Waals surface area (Å²) < 4.78 is 5.08. The van der Waals surface area contributed by atoms with Crippen molar-refractivity contribution in [1.82, 2.24) is 5.32 Å². The molecule has 0 fully saturated rings. The number of carbonyl (C=O) groups excluding carboxylic acids is 1. The van der Waals surface area contributed by atoms with Gasteiger partial charge >= 0.3 is 5.97 Å². The SMILES string of the molecule is COc1c(Cl)ccc(Cl)c1C(=O)NCC(C)(CO)CC(=O)O. The molecule has 8 heteroatoms. The molecule has 1 rings (SSSR count). The Balaban J connectivity index is 2.95. The van der Waals surface area contributed by atoms with Gasteiger partial charge in [0.15, 0.2) is 5.75 Å². The number of benzene rings is 1. The number of aliphatic hydroxyl groups is 1. The number of amides is 1. The Morgan fingerprint density at radius 1 is 1.32 bits per heavy atom. The Morgan fingerprint density at radius 2 is 1.91 bits per heavy atom. The van der Waals surface area contributed by atoms with Crippen molar-refractivity contribution in [1.29, 1.82) is 0 Å². The van der Waals surface area contributed by atoms with Crippen molar-refractivity contribution in [2.45, 2.75) is 13.3 Å². The predicted molar refractivity (Wildman–Crippen MR) is 82.8 cm³/mol. The topological polar surface area (TPSA) is 95.9 Å². The number of carbonyl (C=O) groups is 2. The van der Waals surface area contributed by atoms with Gasteiger partial charge in [0.25, 0.3) is 5.91 Å². The van der Waals surface area contributed by atoms with Gasteiger partial charge in [0.1, 0.15) is 5.56 Å². The lowest BCUT2D eigenvalue weighted by Gasteiger charge is -2.25. The molecule has 1 aromatic carbocycles. The zero-order valence-electron chi connectivity index (χ0n) is 12.2. The van der Waals surface area contributed by atoms with Gasteiger partial charge in [-0.1, -0.05) is 30.1 Å². The average molecular weight is 350 g/mol. The summed E-state index contributed by atoms with van der Waals surface area (Å²) in [6.45, 7) is 1.12. The summed E-state index contributed by atoms with van der Waals surface area (Å²) in [6, 6.07) is 2.96. The monoisotopic (exact) mass is 349 g/mol. The lowest BCUT2D eigenvalue weighted by molar-refractivity contribution is -0.140. The zero-order valence-corrected chi connectivity index (χ0v) is 13.7. The van der Waals surface area contributed by atoms with Crippen LogP contribution >= 0.6 is 23.2 Å². The number of carboxylic acid groups (broad SMARTS) is 1. The molecule has 0 aliphatic rings. The molecule has 0 heterocycles. The van der Waals surface area contributed by atoms with Gasteiger partial charge in [-0.05, 0) is 12.1 Å². The average Bonchev–Trinajstić information content (AvgIpc) is 2.46.